The summed E-state index contributed by atoms with van der Waals surface area (Å²) >= 11 is 1.01. The minimum absolute atomic E-state index is 0.00476. The van der Waals surface area contributed by atoms with Crippen molar-refractivity contribution in [2.75, 3.05) is 26.6 Å². The number of carbonyl (C=O) groups is 2. The van der Waals surface area contributed by atoms with Gasteiger partial charge in [-0.1, -0.05) is 13.8 Å². The number of anilines is 1. The second kappa shape index (κ2) is 10.5. The second-order valence-corrected chi connectivity index (χ2v) is 11.5. The maximum Gasteiger partial charge on any atom is 0.407 e. The SMILES string of the molecule is COC(=O)COP(=O)(N[C@@H](CC(C)C)C(=O)OC)OC1[C@H]2S[C@@H](n3ccc(N)nc3=O)[C@@H](O)[C@@]12O. The number of nitrogens with two attached hydrogens (primary N) is 1. The van der Waals surface area contributed by atoms with E-state index in [1.807, 2.05) is 13.8 Å². The van der Waals surface area contributed by atoms with E-state index in [0.29, 0.717) is 0 Å². The maximum atomic E-state index is 13.6. The number of rotatable bonds is 11. The first kappa shape index (κ1) is 27.6. The highest BCUT2D eigenvalue weighted by Gasteiger charge is 2.78. The number of hydrogen-bond acceptors (Lipinski definition) is 13. The van der Waals surface area contributed by atoms with Crippen LogP contribution in [0.4, 0.5) is 5.82 Å². The van der Waals surface area contributed by atoms with E-state index < -0.39 is 66.5 Å². The second-order valence-electron chi connectivity index (χ2n) is 8.53. The normalized spacial score (nSPS) is 29.8. The topological polar surface area (TPSA) is 202 Å². The van der Waals surface area contributed by atoms with Crippen LogP contribution in [0, 0.1) is 5.92 Å². The lowest BCUT2D eigenvalue weighted by atomic mass is 10.1. The van der Waals surface area contributed by atoms with Gasteiger partial charge in [0.15, 0.2) is 6.61 Å². The number of nitrogens with zero attached hydrogens (tertiary/aromatic N) is 2. The van der Waals surface area contributed by atoms with Gasteiger partial charge in [0.25, 0.3) is 0 Å². The third kappa shape index (κ3) is 5.71. The van der Waals surface area contributed by atoms with Crippen LogP contribution in [-0.4, -0.2) is 81.6 Å². The summed E-state index contributed by atoms with van der Waals surface area (Å²) in [6.45, 7) is 2.89. The number of esters is 2. The van der Waals surface area contributed by atoms with Crippen molar-refractivity contribution in [1.29, 1.82) is 0 Å². The molecule has 1 aliphatic heterocycles. The summed E-state index contributed by atoms with van der Waals surface area (Å²) in [7, 11) is -2.16. The van der Waals surface area contributed by atoms with Crippen molar-refractivity contribution in [2.24, 2.45) is 5.92 Å². The molecule has 196 valence electrons. The number of aliphatic hydroxyl groups excluding tert-OH is 1. The molecule has 1 aromatic rings. The van der Waals surface area contributed by atoms with E-state index in [-0.39, 0.29) is 18.2 Å². The summed E-state index contributed by atoms with van der Waals surface area (Å²) < 4.78 is 34.7. The van der Waals surface area contributed by atoms with E-state index in [4.69, 9.17) is 19.5 Å². The Morgan fingerprint density at radius 1 is 1.37 bits per heavy atom. The van der Waals surface area contributed by atoms with Crippen LogP contribution in [0.15, 0.2) is 17.1 Å². The van der Waals surface area contributed by atoms with Gasteiger partial charge in [-0.15, -0.1) is 11.8 Å². The number of hydrogen-bond donors (Lipinski definition) is 4. The van der Waals surface area contributed by atoms with E-state index in [1.165, 1.54) is 12.3 Å². The van der Waals surface area contributed by atoms with Gasteiger partial charge in [0, 0.05) is 6.20 Å². The summed E-state index contributed by atoms with van der Waals surface area (Å²) in [5.41, 5.74) is 2.89. The Bertz CT molecular complexity index is 1070. The monoisotopic (exact) mass is 536 g/mol. The van der Waals surface area contributed by atoms with Gasteiger partial charge in [-0.2, -0.15) is 4.98 Å². The molecule has 0 aromatic carbocycles. The average Bonchev–Trinajstić information content (AvgIpc) is 3.24. The molecular weight excluding hydrogens is 507 g/mol. The number of fused-ring (bicyclic) bond motifs is 1. The molecule has 3 rings (SSSR count). The highest BCUT2D eigenvalue weighted by Crippen LogP contribution is 2.66. The Labute approximate surface area is 205 Å². The van der Waals surface area contributed by atoms with Gasteiger partial charge in [-0.05, 0) is 18.4 Å². The van der Waals surface area contributed by atoms with Crippen LogP contribution in [0.5, 0.6) is 0 Å². The fourth-order valence-corrected chi connectivity index (χ4v) is 7.25. The molecule has 5 N–H and O–H groups in total. The Hall–Kier alpha value is -2.00. The number of nitrogen functional groups attached to an aromatic ring is 1. The van der Waals surface area contributed by atoms with Gasteiger partial charge in [0.05, 0.1) is 19.5 Å². The molecule has 16 heteroatoms. The smallest absolute Gasteiger partial charge is 0.407 e. The number of carbonyl (C=O) groups excluding carboxylic acids is 2. The fraction of sp³-hybridized carbons (Fsp3) is 0.684. The molecule has 1 aromatic heterocycles. The van der Waals surface area contributed by atoms with Crippen LogP contribution in [0.3, 0.4) is 0 Å². The molecule has 0 amide bonds. The Morgan fingerprint density at radius 2 is 2.06 bits per heavy atom. The highest BCUT2D eigenvalue weighted by atomic mass is 32.2. The Morgan fingerprint density at radius 3 is 2.57 bits per heavy atom. The number of thioether (sulfide) groups is 1. The van der Waals surface area contributed by atoms with E-state index in [0.717, 1.165) is 30.5 Å². The molecule has 7 atom stereocenters. The first-order valence-electron chi connectivity index (χ1n) is 10.6. The zero-order valence-electron chi connectivity index (χ0n) is 19.5. The first-order valence-corrected chi connectivity index (χ1v) is 13.1. The van der Waals surface area contributed by atoms with Crippen molar-refractivity contribution < 1.29 is 42.9 Å². The van der Waals surface area contributed by atoms with Crippen molar-refractivity contribution in [2.45, 2.75) is 54.7 Å². The zero-order valence-corrected chi connectivity index (χ0v) is 21.2. The molecule has 0 spiro atoms. The van der Waals surface area contributed by atoms with Crippen molar-refractivity contribution in [1.82, 2.24) is 14.6 Å². The minimum atomic E-state index is -4.42. The van der Waals surface area contributed by atoms with Gasteiger partial charge in [0.2, 0.25) is 0 Å². The van der Waals surface area contributed by atoms with Crippen molar-refractivity contribution >= 4 is 37.3 Å². The van der Waals surface area contributed by atoms with Gasteiger partial charge in [-0.25, -0.2) is 19.2 Å². The molecule has 1 saturated heterocycles. The van der Waals surface area contributed by atoms with Crippen molar-refractivity contribution in [3.63, 3.8) is 0 Å². The van der Waals surface area contributed by atoms with Crippen LogP contribution in [0.1, 0.15) is 25.6 Å². The Kier molecular flexibility index (Phi) is 8.31. The van der Waals surface area contributed by atoms with Gasteiger partial charge in [0.1, 0.15) is 35.0 Å². The molecule has 2 heterocycles. The largest absolute Gasteiger partial charge is 0.468 e. The lowest BCUT2D eigenvalue weighted by Crippen LogP contribution is -2.41. The Balaban J connectivity index is 1.79. The summed E-state index contributed by atoms with van der Waals surface area (Å²) in [6, 6.07) is 0.262. The van der Waals surface area contributed by atoms with Gasteiger partial charge in [-0.3, -0.25) is 18.4 Å². The van der Waals surface area contributed by atoms with Crippen LogP contribution >= 0.6 is 19.5 Å². The summed E-state index contributed by atoms with van der Waals surface area (Å²) in [6.07, 6.45) is -1.17. The predicted octanol–water partition coefficient (Wildman–Crippen LogP) is -0.595. The zero-order chi connectivity index (χ0) is 26.1. The van der Waals surface area contributed by atoms with Crippen molar-refractivity contribution in [3.05, 3.63) is 22.7 Å². The lowest BCUT2D eigenvalue weighted by Gasteiger charge is -2.28. The quantitative estimate of drug-likeness (QED) is 0.206. The third-order valence-corrected chi connectivity index (χ3v) is 8.86. The molecule has 1 aliphatic carbocycles. The molecule has 2 fully saturated rings. The highest BCUT2D eigenvalue weighted by molar-refractivity contribution is 8.00. The van der Waals surface area contributed by atoms with E-state index >= 15 is 0 Å². The van der Waals surface area contributed by atoms with E-state index in [1.54, 1.807) is 0 Å². The van der Waals surface area contributed by atoms with Gasteiger partial charge < -0.3 is 25.4 Å². The number of aliphatic hydroxyl groups is 2. The van der Waals surface area contributed by atoms with Gasteiger partial charge >= 0.3 is 25.4 Å². The lowest BCUT2D eigenvalue weighted by molar-refractivity contribution is -0.143. The van der Waals surface area contributed by atoms with Crippen LogP contribution in [0.2, 0.25) is 0 Å². The van der Waals surface area contributed by atoms with Crippen molar-refractivity contribution in [3.8, 4) is 0 Å². The molecule has 0 radical (unpaired) electrons. The fourth-order valence-electron chi connectivity index (χ4n) is 3.73. The van der Waals surface area contributed by atoms with E-state index in [2.05, 4.69) is 14.8 Å². The summed E-state index contributed by atoms with van der Waals surface area (Å²) in [5.74, 6) is -1.60. The number of ether oxygens (including phenoxy) is 2. The summed E-state index contributed by atoms with van der Waals surface area (Å²) in [4.78, 5) is 39.6. The predicted molar refractivity (Wildman–Crippen MR) is 123 cm³/mol. The third-order valence-electron chi connectivity index (χ3n) is 5.57. The molecule has 35 heavy (non-hydrogen) atoms. The molecule has 2 unspecified atom stereocenters. The molecular formula is C19H29N4O10PS. The maximum absolute atomic E-state index is 13.6. The number of nitrogens with one attached hydrogen (secondary N) is 1. The standard InChI is InChI=1S/C19H29N4O10PS/c1-9(2)7-10(17(26)31-4)22-34(29,32-8-12(24)30-3)33-14-15-19(14,28)13(25)16(35-15)23-6-5-11(20)21-18(23)27/h5-6,9-10,13-16,25,28H,7-8H2,1-4H3,(H,22,29)(H2,20,21,27)/t10-,13+,14?,15+,16+,19+,34?/m0/s1. The van der Waals surface area contributed by atoms with Crippen LogP contribution < -0.4 is 16.5 Å². The number of methoxy groups -OCH3 is 2. The number of aromatic nitrogens is 2. The molecule has 0 bridgehead atoms. The molecule has 2 aliphatic rings. The summed E-state index contributed by atoms with van der Waals surface area (Å²) in [5, 5.41) is 22.6. The average molecular weight is 537 g/mol. The van der Waals surface area contributed by atoms with E-state index in [9.17, 15) is 29.2 Å². The molecule has 1 saturated carbocycles. The van der Waals surface area contributed by atoms with Crippen LogP contribution in [0.25, 0.3) is 0 Å². The first-order chi connectivity index (χ1) is 16.4. The minimum Gasteiger partial charge on any atom is -0.468 e. The van der Waals surface area contributed by atoms with Crippen LogP contribution in [-0.2, 0) is 32.7 Å². The molecule has 14 nitrogen and oxygen atoms in total.